The standard InChI is InChI=1S/C17H21NO3/c1-3-10-18-17(20)12(2)21-16-9-8-13-6-4-5-7-14(13)15(16)11-19/h4-9,12,19H,3,10-11H2,1-2H3,(H,18,20). The van der Waals surface area contributed by atoms with Gasteiger partial charge in [-0.3, -0.25) is 4.79 Å². The Balaban J connectivity index is 2.23. The lowest BCUT2D eigenvalue weighted by Crippen LogP contribution is -2.36. The van der Waals surface area contributed by atoms with Crippen molar-refractivity contribution >= 4 is 16.7 Å². The molecule has 0 saturated carbocycles. The van der Waals surface area contributed by atoms with Crippen LogP contribution < -0.4 is 10.1 Å². The molecule has 1 amide bonds. The van der Waals surface area contributed by atoms with Gasteiger partial charge in [-0.2, -0.15) is 0 Å². The number of aliphatic hydroxyl groups excluding tert-OH is 1. The van der Waals surface area contributed by atoms with E-state index in [1.54, 1.807) is 13.0 Å². The molecule has 1 unspecified atom stereocenters. The average Bonchev–Trinajstić information content (AvgIpc) is 2.52. The highest BCUT2D eigenvalue weighted by Crippen LogP contribution is 2.28. The van der Waals surface area contributed by atoms with Crippen LogP contribution in [0.25, 0.3) is 10.8 Å². The van der Waals surface area contributed by atoms with Crippen molar-refractivity contribution in [1.29, 1.82) is 0 Å². The Kier molecular flexibility index (Phi) is 5.17. The summed E-state index contributed by atoms with van der Waals surface area (Å²) in [6.45, 7) is 4.22. The lowest BCUT2D eigenvalue weighted by Gasteiger charge is -2.17. The maximum atomic E-state index is 11.9. The topological polar surface area (TPSA) is 58.6 Å². The van der Waals surface area contributed by atoms with E-state index in [0.29, 0.717) is 17.9 Å². The van der Waals surface area contributed by atoms with Crippen LogP contribution in [0.15, 0.2) is 36.4 Å². The Bertz CT molecular complexity index is 624. The van der Waals surface area contributed by atoms with Crippen molar-refractivity contribution in [2.24, 2.45) is 0 Å². The van der Waals surface area contributed by atoms with Crippen molar-refractivity contribution in [2.45, 2.75) is 33.0 Å². The minimum atomic E-state index is -0.594. The predicted molar refractivity (Wildman–Crippen MR) is 83.3 cm³/mol. The molecule has 0 spiro atoms. The highest BCUT2D eigenvalue weighted by molar-refractivity contribution is 5.88. The number of nitrogens with one attached hydrogen (secondary N) is 1. The molecule has 0 fully saturated rings. The van der Waals surface area contributed by atoms with Crippen LogP contribution >= 0.6 is 0 Å². The van der Waals surface area contributed by atoms with Crippen LogP contribution in [0.2, 0.25) is 0 Å². The van der Waals surface area contributed by atoms with E-state index in [1.165, 1.54) is 0 Å². The van der Waals surface area contributed by atoms with Gasteiger partial charge in [0.15, 0.2) is 6.10 Å². The lowest BCUT2D eigenvalue weighted by atomic mass is 10.0. The Morgan fingerprint density at radius 2 is 2.05 bits per heavy atom. The van der Waals surface area contributed by atoms with Crippen LogP contribution in [0.3, 0.4) is 0 Å². The molecule has 112 valence electrons. The summed E-state index contributed by atoms with van der Waals surface area (Å²) in [7, 11) is 0. The second-order valence-corrected chi connectivity index (χ2v) is 4.97. The van der Waals surface area contributed by atoms with Gasteiger partial charge in [0, 0.05) is 12.1 Å². The van der Waals surface area contributed by atoms with E-state index in [9.17, 15) is 9.90 Å². The molecule has 0 radical (unpaired) electrons. The van der Waals surface area contributed by atoms with Gasteiger partial charge >= 0.3 is 0 Å². The molecule has 0 saturated heterocycles. The summed E-state index contributed by atoms with van der Waals surface area (Å²) in [6, 6.07) is 11.5. The molecule has 4 nitrogen and oxygen atoms in total. The SMILES string of the molecule is CCCNC(=O)C(C)Oc1ccc2ccccc2c1CO. The summed E-state index contributed by atoms with van der Waals surface area (Å²) in [5.41, 5.74) is 0.711. The largest absolute Gasteiger partial charge is 0.481 e. The van der Waals surface area contributed by atoms with Gasteiger partial charge in [-0.25, -0.2) is 0 Å². The van der Waals surface area contributed by atoms with Crippen LogP contribution in [0, 0.1) is 0 Å². The first-order valence-electron chi connectivity index (χ1n) is 7.23. The van der Waals surface area contributed by atoms with Gasteiger partial charge < -0.3 is 15.2 Å². The van der Waals surface area contributed by atoms with Gasteiger partial charge in [-0.05, 0) is 30.2 Å². The minimum Gasteiger partial charge on any atom is -0.481 e. The first-order valence-corrected chi connectivity index (χ1v) is 7.23. The molecule has 4 heteroatoms. The maximum Gasteiger partial charge on any atom is 0.260 e. The first-order chi connectivity index (χ1) is 10.2. The molecule has 0 heterocycles. The van der Waals surface area contributed by atoms with Gasteiger partial charge in [-0.15, -0.1) is 0 Å². The van der Waals surface area contributed by atoms with Crippen LogP contribution in [0.5, 0.6) is 5.75 Å². The van der Waals surface area contributed by atoms with E-state index < -0.39 is 6.10 Å². The Labute approximate surface area is 124 Å². The summed E-state index contributed by atoms with van der Waals surface area (Å²) < 4.78 is 5.73. The summed E-state index contributed by atoms with van der Waals surface area (Å²) in [4.78, 5) is 11.9. The lowest BCUT2D eigenvalue weighted by molar-refractivity contribution is -0.127. The van der Waals surface area contributed by atoms with Crippen molar-refractivity contribution < 1.29 is 14.6 Å². The number of amides is 1. The maximum absolute atomic E-state index is 11.9. The van der Waals surface area contributed by atoms with Crippen LogP contribution in [-0.4, -0.2) is 23.7 Å². The number of ether oxygens (including phenoxy) is 1. The zero-order chi connectivity index (χ0) is 15.2. The van der Waals surface area contributed by atoms with Crippen molar-refractivity contribution in [3.05, 3.63) is 42.0 Å². The second kappa shape index (κ2) is 7.09. The Hall–Kier alpha value is -2.07. The molecule has 0 aliphatic heterocycles. The van der Waals surface area contributed by atoms with Crippen molar-refractivity contribution in [3.8, 4) is 5.75 Å². The number of hydrogen-bond donors (Lipinski definition) is 2. The number of fused-ring (bicyclic) bond motifs is 1. The fraction of sp³-hybridized carbons (Fsp3) is 0.353. The minimum absolute atomic E-state index is 0.125. The Morgan fingerprint density at radius 3 is 2.76 bits per heavy atom. The van der Waals surface area contributed by atoms with Crippen molar-refractivity contribution in [1.82, 2.24) is 5.32 Å². The van der Waals surface area contributed by atoms with E-state index >= 15 is 0 Å². The third-order valence-corrected chi connectivity index (χ3v) is 3.38. The monoisotopic (exact) mass is 287 g/mol. The van der Waals surface area contributed by atoms with Gasteiger partial charge in [0.1, 0.15) is 5.75 Å². The van der Waals surface area contributed by atoms with Gasteiger partial charge in [0.25, 0.3) is 5.91 Å². The first kappa shape index (κ1) is 15.3. The van der Waals surface area contributed by atoms with Crippen molar-refractivity contribution in [3.63, 3.8) is 0 Å². The summed E-state index contributed by atoms with van der Waals surface area (Å²) in [5.74, 6) is 0.407. The summed E-state index contributed by atoms with van der Waals surface area (Å²) in [5, 5.41) is 14.4. The van der Waals surface area contributed by atoms with E-state index in [0.717, 1.165) is 17.2 Å². The molecule has 1 atom stereocenters. The molecule has 2 N–H and O–H groups in total. The predicted octanol–water partition coefficient (Wildman–Crippen LogP) is 2.63. The van der Waals surface area contributed by atoms with Crippen LogP contribution in [-0.2, 0) is 11.4 Å². The molecular formula is C17H21NO3. The van der Waals surface area contributed by atoms with E-state index in [4.69, 9.17) is 4.74 Å². The van der Waals surface area contributed by atoms with Gasteiger partial charge in [0.05, 0.1) is 6.61 Å². The molecular weight excluding hydrogens is 266 g/mol. The van der Waals surface area contributed by atoms with Crippen LogP contribution in [0.1, 0.15) is 25.8 Å². The Morgan fingerprint density at radius 1 is 1.29 bits per heavy atom. The normalized spacial score (nSPS) is 12.1. The fourth-order valence-corrected chi connectivity index (χ4v) is 2.23. The molecule has 2 rings (SSSR count). The number of rotatable bonds is 6. The second-order valence-electron chi connectivity index (χ2n) is 4.97. The molecule has 2 aromatic carbocycles. The molecule has 0 bridgehead atoms. The third-order valence-electron chi connectivity index (χ3n) is 3.38. The third kappa shape index (κ3) is 3.52. The van der Waals surface area contributed by atoms with Gasteiger partial charge in [0.2, 0.25) is 0 Å². The number of carbonyl (C=O) groups is 1. The smallest absolute Gasteiger partial charge is 0.260 e. The number of benzene rings is 2. The number of hydrogen-bond acceptors (Lipinski definition) is 3. The fourth-order valence-electron chi connectivity index (χ4n) is 2.23. The van der Waals surface area contributed by atoms with E-state index in [-0.39, 0.29) is 12.5 Å². The summed E-state index contributed by atoms with van der Waals surface area (Å²) in [6.07, 6.45) is 0.291. The number of aliphatic hydroxyl groups is 1. The molecule has 0 aliphatic carbocycles. The molecule has 21 heavy (non-hydrogen) atoms. The summed E-state index contributed by atoms with van der Waals surface area (Å²) >= 11 is 0. The van der Waals surface area contributed by atoms with E-state index in [1.807, 2.05) is 37.3 Å². The average molecular weight is 287 g/mol. The molecule has 2 aromatic rings. The van der Waals surface area contributed by atoms with Crippen molar-refractivity contribution in [2.75, 3.05) is 6.54 Å². The zero-order valence-electron chi connectivity index (χ0n) is 12.4. The van der Waals surface area contributed by atoms with Gasteiger partial charge in [-0.1, -0.05) is 37.3 Å². The molecule has 0 aromatic heterocycles. The highest BCUT2D eigenvalue weighted by atomic mass is 16.5. The number of carbonyl (C=O) groups excluding carboxylic acids is 1. The van der Waals surface area contributed by atoms with Crippen LogP contribution in [0.4, 0.5) is 0 Å². The highest BCUT2D eigenvalue weighted by Gasteiger charge is 2.16. The van der Waals surface area contributed by atoms with E-state index in [2.05, 4.69) is 5.32 Å². The molecule has 0 aliphatic rings. The zero-order valence-corrected chi connectivity index (χ0v) is 12.4. The quantitative estimate of drug-likeness (QED) is 0.858.